The molecule has 0 bridgehead atoms. The lowest BCUT2D eigenvalue weighted by atomic mass is 10.2. The molecule has 0 amide bonds. The van der Waals surface area contributed by atoms with E-state index in [1.54, 1.807) is 18.5 Å². The van der Waals surface area contributed by atoms with E-state index < -0.39 is 0 Å². The summed E-state index contributed by atoms with van der Waals surface area (Å²) in [5, 5.41) is 4.29. The Morgan fingerprint density at radius 2 is 1.96 bits per heavy atom. The van der Waals surface area contributed by atoms with Crippen molar-refractivity contribution in [2.45, 2.75) is 0 Å². The van der Waals surface area contributed by atoms with Crippen LogP contribution in [0.25, 0.3) is 28.5 Å². The molecule has 0 unspecified atom stereocenters. The Balaban J connectivity index is 1.70. The lowest BCUT2D eigenvalue weighted by Crippen LogP contribution is -2.23. The molecular weight excluding hydrogens is 320 g/mol. The van der Waals surface area contributed by atoms with Crippen LogP contribution in [0.5, 0.6) is 0 Å². The highest BCUT2D eigenvalue weighted by atomic mass is 32.1. The van der Waals surface area contributed by atoms with E-state index in [0.717, 1.165) is 11.1 Å². The van der Waals surface area contributed by atoms with E-state index in [-0.39, 0.29) is 5.56 Å². The fourth-order valence-corrected chi connectivity index (χ4v) is 3.14. The van der Waals surface area contributed by atoms with Crippen LogP contribution in [0, 0.1) is 0 Å². The van der Waals surface area contributed by atoms with E-state index in [0.29, 0.717) is 15.3 Å². The third-order valence-corrected chi connectivity index (χ3v) is 4.41. The summed E-state index contributed by atoms with van der Waals surface area (Å²) in [6, 6.07) is 13.6. The molecule has 0 atom stereocenters. The third kappa shape index (κ3) is 2.75. The first-order valence-corrected chi connectivity index (χ1v) is 8.16. The number of rotatable bonds is 3. The minimum absolute atomic E-state index is 0.157. The van der Waals surface area contributed by atoms with Crippen LogP contribution >= 0.6 is 11.3 Å². The van der Waals surface area contributed by atoms with Gasteiger partial charge >= 0.3 is 0 Å². The summed E-state index contributed by atoms with van der Waals surface area (Å²) in [6.45, 7) is 0. The quantitative estimate of drug-likeness (QED) is 0.578. The first-order chi connectivity index (χ1) is 11.8. The lowest BCUT2D eigenvalue weighted by molar-refractivity contribution is 0.936. The summed E-state index contributed by atoms with van der Waals surface area (Å²) in [6.07, 6.45) is 8.98. The Labute approximate surface area is 141 Å². The summed E-state index contributed by atoms with van der Waals surface area (Å²) < 4.78 is 1.95. The molecule has 3 heterocycles. The van der Waals surface area contributed by atoms with Crippen LogP contribution in [-0.4, -0.2) is 19.6 Å². The topological polar surface area (TPSA) is 60.2 Å². The van der Waals surface area contributed by atoms with Gasteiger partial charge in [0.2, 0.25) is 4.96 Å². The Bertz CT molecular complexity index is 1110. The first-order valence-electron chi connectivity index (χ1n) is 7.35. The molecule has 24 heavy (non-hydrogen) atoms. The molecule has 4 rings (SSSR count). The molecule has 0 aliphatic heterocycles. The summed E-state index contributed by atoms with van der Waals surface area (Å²) in [4.78, 5) is 21.4. The maximum atomic E-state index is 12.4. The van der Waals surface area contributed by atoms with Gasteiger partial charge in [0, 0.05) is 18.0 Å². The summed E-state index contributed by atoms with van der Waals surface area (Å²) in [5.74, 6) is 0.512. The number of thiazole rings is 1. The Morgan fingerprint density at radius 1 is 1.08 bits per heavy atom. The number of benzene rings is 1. The Hall–Kier alpha value is -3.12. The molecule has 0 saturated heterocycles. The van der Waals surface area contributed by atoms with Crippen molar-refractivity contribution in [2.24, 2.45) is 0 Å². The largest absolute Gasteiger partial charge is 0.291 e. The van der Waals surface area contributed by atoms with Crippen molar-refractivity contribution in [3.63, 3.8) is 0 Å². The first kappa shape index (κ1) is 14.5. The van der Waals surface area contributed by atoms with Crippen LogP contribution in [0.2, 0.25) is 0 Å². The number of fused-ring (bicyclic) bond motifs is 1. The SMILES string of the molecule is O=c1/c(=C/C=C/c2ccccc2)sc2nc(-c3cccnc3)nn12. The predicted octanol–water partition coefficient (Wildman–Crippen LogP) is 2.43. The van der Waals surface area contributed by atoms with Crippen LogP contribution in [0.15, 0.2) is 65.7 Å². The van der Waals surface area contributed by atoms with E-state index in [4.69, 9.17) is 0 Å². The highest BCUT2D eigenvalue weighted by Crippen LogP contribution is 2.14. The van der Waals surface area contributed by atoms with Gasteiger partial charge in [-0.3, -0.25) is 9.78 Å². The van der Waals surface area contributed by atoms with Crippen molar-refractivity contribution in [2.75, 3.05) is 0 Å². The molecule has 0 N–H and O–H groups in total. The number of hydrogen-bond acceptors (Lipinski definition) is 5. The van der Waals surface area contributed by atoms with Gasteiger partial charge in [-0.25, -0.2) is 0 Å². The van der Waals surface area contributed by atoms with Crippen LogP contribution in [0.1, 0.15) is 5.56 Å². The summed E-state index contributed by atoms with van der Waals surface area (Å²) in [7, 11) is 0. The standard InChI is InChI=1S/C18H12N4OS/c23-17-15(10-4-8-13-6-2-1-3-7-13)24-18-20-16(21-22(17)18)14-9-5-11-19-12-14/h1-12H/b8-4+,15-10-. The average molecular weight is 332 g/mol. The van der Waals surface area contributed by atoms with Gasteiger partial charge in [-0.15, -0.1) is 5.10 Å². The van der Waals surface area contributed by atoms with E-state index in [9.17, 15) is 4.79 Å². The van der Waals surface area contributed by atoms with Gasteiger partial charge in [-0.05, 0) is 23.8 Å². The zero-order chi connectivity index (χ0) is 16.4. The van der Waals surface area contributed by atoms with Gasteiger partial charge in [0.05, 0.1) is 4.53 Å². The third-order valence-electron chi connectivity index (χ3n) is 3.44. The lowest BCUT2D eigenvalue weighted by Gasteiger charge is -1.90. The van der Waals surface area contributed by atoms with Crippen molar-refractivity contribution in [3.8, 4) is 11.4 Å². The summed E-state index contributed by atoms with van der Waals surface area (Å²) >= 11 is 1.32. The van der Waals surface area contributed by atoms with Crippen LogP contribution < -0.4 is 10.1 Å². The average Bonchev–Trinajstić information content (AvgIpc) is 3.17. The number of allylic oxidation sites excluding steroid dienone is 1. The molecule has 5 nitrogen and oxygen atoms in total. The highest BCUT2D eigenvalue weighted by Gasteiger charge is 2.11. The van der Waals surface area contributed by atoms with Crippen LogP contribution in [-0.2, 0) is 0 Å². The molecule has 0 fully saturated rings. The monoisotopic (exact) mass is 332 g/mol. The molecule has 1 aromatic carbocycles. The number of nitrogens with zero attached hydrogens (tertiary/aromatic N) is 4. The van der Waals surface area contributed by atoms with Crippen molar-refractivity contribution < 1.29 is 0 Å². The second kappa shape index (κ2) is 6.17. The Morgan fingerprint density at radius 3 is 2.71 bits per heavy atom. The van der Waals surface area contributed by atoms with Crippen molar-refractivity contribution >= 4 is 28.4 Å². The molecule has 0 aliphatic rings. The van der Waals surface area contributed by atoms with E-state index >= 15 is 0 Å². The highest BCUT2D eigenvalue weighted by molar-refractivity contribution is 7.15. The second-order valence-corrected chi connectivity index (χ2v) is 6.09. The van der Waals surface area contributed by atoms with Crippen LogP contribution in [0.3, 0.4) is 0 Å². The molecule has 0 radical (unpaired) electrons. The molecule has 6 heteroatoms. The van der Waals surface area contributed by atoms with Crippen molar-refractivity contribution in [1.82, 2.24) is 19.6 Å². The smallest absolute Gasteiger partial charge is 0.266 e. The maximum Gasteiger partial charge on any atom is 0.291 e. The fraction of sp³-hybridized carbons (Fsp3) is 0. The zero-order valence-corrected chi connectivity index (χ0v) is 13.4. The van der Waals surface area contributed by atoms with E-state index in [1.165, 1.54) is 15.9 Å². The second-order valence-electron chi connectivity index (χ2n) is 5.08. The van der Waals surface area contributed by atoms with Gasteiger partial charge < -0.3 is 0 Å². The van der Waals surface area contributed by atoms with Crippen LogP contribution in [0.4, 0.5) is 0 Å². The van der Waals surface area contributed by atoms with Gasteiger partial charge in [0.1, 0.15) is 0 Å². The van der Waals surface area contributed by atoms with Crippen molar-refractivity contribution in [1.29, 1.82) is 0 Å². The molecule has 116 valence electrons. The van der Waals surface area contributed by atoms with Crippen molar-refractivity contribution in [3.05, 3.63) is 81.4 Å². The summed E-state index contributed by atoms with van der Waals surface area (Å²) in [5.41, 5.74) is 1.72. The van der Waals surface area contributed by atoms with Gasteiger partial charge in [-0.2, -0.15) is 9.50 Å². The molecule has 0 aliphatic carbocycles. The molecule has 0 spiro atoms. The fourth-order valence-electron chi connectivity index (χ4n) is 2.28. The predicted molar refractivity (Wildman–Crippen MR) is 95.5 cm³/mol. The normalized spacial score (nSPS) is 12.4. The van der Waals surface area contributed by atoms with E-state index in [1.807, 2.05) is 54.6 Å². The maximum absolute atomic E-state index is 12.4. The minimum atomic E-state index is -0.157. The zero-order valence-electron chi connectivity index (χ0n) is 12.5. The molecule has 3 aromatic heterocycles. The van der Waals surface area contributed by atoms with Gasteiger partial charge in [0.15, 0.2) is 5.82 Å². The minimum Gasteiger partial charge on any atom is -0.266 e. The molecule has 4 aromatic rings. The number of aromatic nitrogens is 4. The van der Waals surface area contributed by atoms with Gasteiger partial charge in [0.25, 0.3) is 5.56 Å². The molecular formula is C18H12N4OS. The molecule has 0 saturated carbocycles. The van der Waals surface area contributed by atoms with E-state index in [2.05, 4.69) is 15.1 Å². The number of pyridine rings is 1. The number of hydrogen-bond donors (Lipinski definition) is 0. The Kier molecular flexibility index (Phi) is 3.72. The van der Waals surface area contributed by atoms with Gasteiger partial charge in [-0.1, -0.05) is 53.8 Å².